The second-order valence-electron chi connectivity index (χ2n) is 4.12. The number of carbonyl (C=O) groups excluding carboxylic acids is 1. The standard InChI is InChI=1S/C13H17NO4/c1-9-3-5-11(6-4-9)18-10(2)7-12(15)14-8-13(16)17/h3-6,10H,7-8H2,1-2H3,(H,14,15)(H,16,17). The Morgan fingerprint density at radius 1 is 1.33 bits per heavy atom. The molecule has 1 amide bonds. The molecule has 0 aliphatic heterocycles. The monoisotopic (exact) mass is 251 g/mol. The molecule has 5 nitrogen and oxygen atoms in total. The molecule has 0 heterocycles. The summed E-state index contributed by atoms with van der Waals surface area (Å²) in [6.45, 7) is 3.38. The van der Waals surface area contributed by atoms with Crippen molar-refractivity contribution >= 4 is 11.9 Å². The van der Waals surface area contributed by atoms with E-state index in [4.69, 9.17) is 9.84 Å². The van der Waals surface area contributed by atoms with Crippen molar-refractivity contribution in [3.05, 3.63) is 29.8 Å². The molecule has 5 heteroatoms. The van der Waals surface area contributed by atoms with E-state index in [0.29, 0.717) is 5.75 Å². The fourth-order valence-corrected chi connectivity index (χ4v) is 1.40. The molecular weight excluding hydrogens is 234 g/mol. The van der Waals surface area contributed by atoms with E-state index in [9.17, 15) is 9.59 Å². The molecule has 1 aromatic carbocycles. The van der Waals surface area contributed by atoms with Crippen molar-refractivity contribution in [3.63, 3.8) is 0 Å². The molecular formula is C13H17NO4. The first kappa shape index (κ1) is 14.0. The van der Waals surface area contributed by atoms with Crippen molar-refractivity contribution in [3.8, 4) is 5.75 Å². The molecule has 0 fully saturated rings. The number of carbonyl (C=O) groups is 2. The summed E-state index contributed by atoms with van der Waals surface area (Å²) in [4.78, 5) is 21.6. The van der Waals surface area contributed by atoms with Gasteiger partial charge in [0, 0.05) is 0 Å². The van der Waals surface area contributed by atoms with Crippen LogP contribution in [0.5, 0.6) is 5.75 Å². The van der Waals surface area contributed by atoms with Gasteiger partial charge in [-0.15, -0.1) is 0 Å². The first-order chi connectivity index (χ1) is 8.47. The highest BCUT2D eigenvalue weighted by molar-refractivity contribution is 5.81. The lowest BCUT2D eigenvalue weighted by molar-refractivity contribution is -0.138. The number of aliphatic carboxylic acids is 1. The van der Waals surface area contributed by atoms with E-state index in [1.807, 2.05) is 31.2 Å². The molecule has 1 aromatic rings. The molecule has 1 atom stereocenters. The summed E-state index contributed by atoms with van der Waals surface area (Å²) in [5.74, 6) is -0.702. The van der Waals surface area contributed by atoms with Gasteiger partial charge in [-0.1, -0.05) is 17.7 Å². The highest BCUT2D eigenvalue weighted by Gasteiger charge is 2.11. The number of benzene rings is 1. The van der Waals surface area contributed by atoms with Crippen molar-refractivity contribution < 1.29 is 19.4 Å². The Hall–Kier alpha value is -2.04. The average Bonchev–Trinajstić information content (AvgIpc) is 2.29. The molecule has 98 valence electrons. The summed E-state index contributed by atoms with van der Waals surface area (Å²) in [6, 6.07) is 7.51. The molecule has 18 heavy (non-hydrogen) atoms. The quantitative estimate of drug-likeness (QED) is 0.800. The number of carboxylic acids is 1. The van der Waals surface area contributed by atoms with Gasteiger partial charge in [-0.3, -0.25) is 9.59 Å². The van der Waals surface area contributed by atoms with Crippen LogP contribution in [0.25, 0.3) is 0 Å². The Morgan fingerprint density at radius 2 is 1.94 bits per heavy atom. The van der Waals surface area contributed by atoms with Crippen LogP contribution in [0.1, 0.15) is 18.9 Å². The zero-order valence-electron chi connectivity index (χ0n) is 10.5. The molecule has 0 saturated carbocycles. The first-order valence-corrected chi connectivity index (χ1v) is 5.69. The molecule has 0 radical (unpaired) electrons. The van der Waals surface area contributed by atoms with Crippen LogP contribution in [-0.4, -0.2) is 29.6 Å². The van der Waals surface area contributed by atoms with Crippen molar-refractivity contribution in [2.24, 2.45) is 0 Å². The summed E-state index contributed by atoms with van der Waals surface area (Å²) in [7, 11) is 0. The maximum Gasteiger partial charge on any atom is 0.322 e. The average molecular weight is 251 g/mol. The van der Waals surface area contributed by atoms with Crippen molar-refractivity contribution in [1.82, 2.24) is 5.32 Å². The number of nitrogens with one attached hydrogen (secondary N) is 1. The van der Waals surface area contributed by atoms with Gasteiger partial charge in [0.05, 0.1) is 6.42 Å². The third-order valence-corrected chi connectivity index (χ3v) is 2.27. The number of amides is 1. The molecule has 1 rings (SSSR count). The van der Waals surface area contributed by atoms with Gasteiger partial charge in [-0.2, -0.15) is 0 Å². The van der Waals surface area contributed by atoms with E-state index >= 15 is 0 Å². The van der Waals surface area contributed by atoms with E-state index in [1.54, 1.807) is 6.92 Å². The molecule has 2 N–H and O–H groups in total. The van der Waals surface area contributed by atoms with Crippen LogP contribution in [0.4, 0.5) is 0 Å². The third kappa shape index (κ3) is 5.34. The minimum Gasteiger partial charge on any atom is -0.490 e. The Balaban J connectivity index is 2.36. The van der Waals surface area contributed by atoms with Gasteiger partial charge in [0.15, 0.2) is 0 Å². The molecule has 0 saturated heterocycles. The van der Waals surface area contributed by atoms with Crippen LogP contribution in [0.3, 0.4) is 0 Å². The minimum absolute atomic E-state index is 0.126. The number of aryl methyl sites for hydroxylation is 1. The zero-order valence-corrected chi connectivity index (χ0v) is 10.5. The molecule has 0 aliphatic rings. The summed E-state index contributed by atoms with van der Waals surface area (Å²) >= 11 is 0. The van der Waals surface area contributed by atoms with Crippen LogP contribution in [0.15, 0.2) is 24.3 Å². The lowest BCUT2D eigenvalue weighted by Gasteiger charge is -2.14. The fraction of sp³-hybridized carbons (Fsp3) is 0.385. The fourth-order valence-electron chi connectivity index (χ4n) is 1.40. The van der Waals surface area contributed by atoms with Crippen LogP contribution in [-0.2, 0) is 9.59 Å². The second-order valence-corrected chi connectivity index (χ2v) is 4.12. The topological polar surface area (TPSA) is 75.6 Å². The Morgan fingerprint density at radius 3 is 2.50 bits per heavy atom. The number of hydrogen-bond donors (Lipinski definition) is 2. The smallest absolute Gasteiger partial charge is 0.322 e. The molecule has 0 aliphatic carbocycles. The number of rotatable bonds is 6. The Kier molecular flexibility index (Phi) is 5.17. The van der Waals surface area contributed by atoms with Gasteiger partial charge >= 0.3 is 5.97 Å². The van der Waals surface area contributed by atoms with E-state index in [2.05, 4.69) is 5.32 Å². The predicted molar refractivity (Wildman–Crippen MR) is 66.5 cm³/mol. The van der Waals surface area contributed by atoms with Gasteiger partial charge in [0.1, 0.15) is 18.4 Å². The van der Waals surface area contributed by atoms with Crippen LogP contribution < -0.4 is 10.1 Å². The SMILES string of the molecule is Cc1ccc(OC(C)CC(=O)NCC(=O)O)cc1. The van der Waals surface area contributed by atoms with E-state index in [0.717, 1.165) is 5.56 Å². The summed E-state index contributed by atoms with van der Waals surface area (Å²) in [6.07, 6.45) is -0.178. The number of ether oxygens (including phenoxy) is 1. The van der Waals surface area contributed by atoms with Gasteiger partial charge in [0.2, 0.25) is 5.91 Å². The predicted octanol–water partition coefficient (Wildman–Crippen LogP) is 1.35. The minimum atomic E-state index is -1.06. The number of hydrogen-bond acceptors (Lipinski definition) is 3. The highest BCUT2D eigenvalue weighted by Crippen LogP contribution is 2.14. The van der Waals surface area contributed by atoms with Crippen LogP contribution >= 0.6 is 0 Å². The first-order valence-electron chi connectivity index (χ1n) is 5.69. The maximum atomic E-state index is 11.3. The normalized spacial score (nSPS) is 11.7. The summed E-state index contributed by atoms with van der Waals surface area (Å²) in [5.41, 5.74) is 1.13. The van der Waals surface area contributed by atoms with E-state index in [1.165, 1.54) is 0 Å². The zero-order chi connectivity index (χ0) is 13.5. The largest absolute Gasteiger partial charge is 0.490 e. The van der Waals surface area contributed by atoms with Gasteiger partial charge in [0.25, 0.3) is 0 Å². The van der Waals surface area contributed by atoms with Crippen molar-refractivity contribution in [1.29, 1.82) is 0 Å². The lowest BCUT2D eigenvalue weighted by Crippen LogP contribution is -2.32. The summed E-state index contributed by atoms with van der Waals surface area (Å²) < 4.78 is 5.54. The molecule has 0 bridgehead atoms. The highest BCUT2D eigenvalue weighted by atomic mass is 16.5. The van der Waals surface area contributed by atoms with E-state index in [-0.39, 0.29) is 25.0 Å². The lowest BCUT2D eigenvalue weighted by atomic mass is 10.2. The van der Waals surface area contributed by atoms with Crippen LogP contribution in [0, 0.1) is 6.92 Å². The van der Waals surface area contributed by atoms with Crippen molar-refractivity contribution in [2.45, 2.75) is 26.4 Å². The van der Waals surface area contributed by atoms with Gasteiger partial charge in [-0.05, 0) is 26.0 Å². The number of carboxylic acid groups (broad SMARTS) is 1. The Bertz CT molecular complexity index is 414. The maximum absolute atomic E-state index is 11.3. The second kappa shape index (κ2) is 6.64. The van der Waals surface area contributed by atoms with Crippen LogP contribution in [0.2, 0.25) is 0 Å². The molecule has 1 unspecified atom stereocenters. The van der Waals surface area contributed by atoms with Gasteiger partial charge in [-0.25, -0.2) is 0 Å². The molecule has 0 spiro atoms. The molecule has 0 aromatic heterocycles. The Labute approximate surface area is 106 Å². The third-order valence-electron chi connectivity index (χ3n) is 2.27. The van der Waals surface area contributed by atoms with Crippen molar-refractivity contribution in [2.75, 3.05) is 6.54 Å². The van der Waals surface area contributed by atoms with E-state index < -0.39 is 5.97 Å². The van der Waals surface area contributed by atoms with Gasteiger partial charge < -0.3 is 15.2 Å². The summed E-state index contributed by atoms with van der Waals surface area (Å²) in [5, 5.41) is 10.7.